The lowest BCUT2D eigenvalue weighted by Gasteiger charge is -2.23. The molecule has 1 saturated carbocycles. The van der Waals surface area contributed by atoms with Gasteiger partial charge in [0.25, 0.3) is 11.5 Å². The normalized spacial score (nSPS) is 18.1. The predicted molar refractivity (Wildman–Crippen MR) is 180 cm³/mol. The maximum absolute atomic E-state index is 15.3. The summed E-state index contributed by atoms with van der Waals surface area (Å²) in [6, 6.07) is 3.54. The Morgan fingerprint density at radius 3 is 2.53 bits per heavy atom. The average Bonchev–Trinajstić information content (AvgIpc) is 3.28. The molecule has 0 unspecified atom stereocenters. The van der Waals surface area contributed by atoms with Gasteiger partial charge in [-0.2, -0.15) is 37.2 Å². The van der Waals surface area contributed by atoms with Crippen LogP contribution in [0.25, 0.3) is 27.6 Å². The van der Waals surface area contributed by atoms with E-state index in [1.54, 1.807) is 0 Å². The summed E-state index contributed by atoms with van der Waals surface area (Å²) in [7, 11) is -2.49. The molecule has 3 N–H and O–H groups in total. The first-order chi connectivity index (χ1) is 25.7. The van der Waals surface area contributed by atoms with Crippen molar-refractivity contribution in [3.05, 3.63) is 91.9 Å². The molecule has 288 valence electrons. The van der Waals surface area contributed by atoms with Crippen molar-refractivity contribution < 1.29 is 43.9 Å². The molecule has 3 atom stereocenters. The molecule has 14 nitrogen and oxygen atoms in total. The molecule has 2 aliphatic carbocycles. The molecule has 0 aliphatic heterocycles. The van der Waals surface area contributed by atoms with E-state index in [4.69, 9.17) is 11.6 Å². The Hall–Kier alpha value is -5.51. The molecule has 8 rings (SSSR count). The number of hydrogen-bond acceptors (Lipinski definition) is 8. The van der Waals surface area contributed by atoms with E-state index >= 15 is 8.78 Å². The molecule has 0 bridgehead atoms. The molecule has 4 heterocycles. The van der Waals surface area contributed by atoms with Crippen molar-refractivity contribution in [2.45, 2.75) is 43.4 Å². The molecule has 0 saturated heterocycles. The number of alkyl halides is 5. The Bertz CT molecular complexity index is 2760. The first-order valence-corrected chi connectivity index (χ1v) is 18.4. The highest BCUT2D eigenvalue weighted by molar-refractivity contribution is 7.92. The van der Waals surface area contributed by atoms with Crippen LogP contribution in [0.3, 0.4) is 0 Å². The molecule has 6 aromatic rings. The second-order valence-electron chi connectivity index (χ2n) is 13.3. The number of rotatable bonds is 9. The number of carbonyl (C=O) groups is 1. The van der Waals surface area contributed by atoms with Gasteiger partial charge in [-0.1, -0.05) is 11.6 Å². The van der Waals surface area contributed by atoms with Gasteiger partial charge in [-0.3, -0.25) is 33.3 Å². The van der Waals surface area contributed by atoms with Gasteiger partial charge in [0.2, 0.25) is 15.9 Å². The van der Waals surface area contributed by atoms with Gasteiger partial charge >= 0.3 is 6.18 Å². The van der Waals surface area contributed by atoms with Crippen LogP contribution < -0.4 is 15.6 Å². The topological polar surface area (TPSA) is 174 Å². The van der Waals surface area contributed by atoms with Crippen molar-refractivity contribution in [2.75, 3.05) is 11.0 Å². The predicted octanol–water partition coefficient (Wildman–Crippen LogP) is 4.82. The van der Waals surface area contributed by atoms with E-state index in [-0.39, 0.29) is 56.3 Å². The maximum atomic E-state index is 15.3. The smallest absolute Gasteiger partial charge is 0.344 e. The number of sulfonamides is 1. The Balaban J connectivity index is 1.29. The average molecular weight is 813 g/mol. The largest absolute Gasteiger partial charge is 0.435 e. The van der Waals surface area contributed by atoms with Crippen LogP contribution in [0.2, 0.25) is 5.02 Å². The molecule has 0 spiro atoms. The number of halogens is 8. The molecule has 1 amide bonds. The summed E-state index contributed by atoms with van der Waals surface area (Å²) in [6.45, 7) is -1.15. The van der Waals surface area contributed by atoms with Crippen molar-refractivity contribution in [3.63, 3.8) is 0 Å². The lowest BCUT2D eigenvalue weighted by molar-refractivity contribution is -0.142. The Kier molecular flexibility index (Phi) is 8.12. The summed E-state index contributed by atoms with van der Waals surface area (Å²) < 4.78 is 131. The number of nitrogens with one attached hydrogen (secondary N) is 3. The summed E-state index contributed by atoms with van der Waals surface area (Å²) >= 11 is 6.50. The van der Waals surface area contributed by atoms with Gasteiger partial charge in [0.05, 0.1) is 40.1 Å². The minimum absolute atomic E-state index is 0.00413. The van der Waals surface area contributed by atoms with Gasteiger partial charge < -0.3 is 5.32 Å². The summed E-state index contributed by atoms with van der Waals surface area (Å²) in [5, 5.41) is 16.5. The van der Waals surface area contributed by atoms with Crippen molar-refractivity contribution >= 4 is 55.3 Å². The van der Waals surface area contributed by atoms with Gasteiger partial charge in [0.1, 0.15) is 35.1 Å². The maximum Gasteiger partial charge on any atom is 0.435 e. The van der Waals surface area contributed by atoms with Crippen molar-refractivity contribution in [3.8, 4) is 5.69 Å². The number of anilines is 1. The van der Waals surface area contributed by atoms with E-state index in [1.807, 2.05) is 0 Å². The number of amides is 1. The fourth-order valence-electron chi connectivity index (χ4n) is 7.30. The van der Waals surface area contributed by atoms with Crippen LogP contribution >= 0.6 is 11.6 Å². The van der Waals surface area contributed by atoms with Crippen molar-refractivity contribution in [2.24, 2.45) is 13.0 Å². The van der Waals surface area contributed by atoms with E-state index in [0.717, 1.165) is 29.2 Å². The highest BCUT2D eigenvalue weighted by atomic mass is 35.5. The third-order valence-corrected chi connectivity index (χ3v) is 10.3. The highest BCUT2D eigenvalue weighted by Gasteiger charge is 2.68. The molecule has 1 fully saturated rings. The number of aromatic nitrogens is 8. The number of H-pyrrole nitrogens is 1. The zero-order chi connectivity index (χ0) is 39.5. The number of hydrogen-bond donors (Lipinski definition) is 3. The summed E-state index contributed by atoms with van der Waals surface area (Å²) in [5.74, 6) is -9.91. The Morgan fingerprint density at radius 2 is 1.85 bits per heavy atom. The number of aryl methyl sites for hydroxylation is 1. The molecule has 0 radical (unpaired) electrons. The van der Waals surface area contributed by atoms with Crippen LogP contribution in [0.4, 0.5) is 36.6 Å². The lowest BCUT2D eigenvalue weighted by Crippen LogP contribution is -2.38. The number of benzene rings is 2. The third-order valence-electron chi connectivity index (χ3n) is 9.45. The molecular weight excluding hydrogens is 789 g/mol. The number of nitrogens with zero attached hydrogens (tertiary/aromatic N) is 7. The first kappa shape index (κ1) is 36.5. The first-order valence-electron chi connectivity index (χ1n) is 16.1. The van der Waals surface area contributed by atoms with Gasteiger partial charge in [0.15, 0.2) is 17.2 Å². The van der Waals surface area contributed by atoms with Crippen molar-refractivity contribution in [1.82, 2.24) is 44.6 Å². The van der Waals surface area contributed by atoms with Crippen LogP contribution in [0.5, 0.6) is 0 Å². The summed E-state index contributed by atoms with van der Waals surface area (Å²) in [4.78, 5) is 32.6. The quantitative estimate of drug-likeness (QED) is 0.174. The second kappa shape index (κ2) is 12.2. The SMILES string of the molecule is Cn1nc(NS(C)(=O)=O)c2c(Cl)ccc(-n3c([C@H](Cc4cc(F)cc(F)c4)NC(=O)Cn4nc(C(F)(F)F)c5c4C(F)(F)[C@@H]4C[C@H]54)nc4[nH]ncc4c3=O)c21. The lowest BCUT2D eigenvalue weighted by atomic mass is 10.0. The van der Waals surface area contributed by atoms with E-state index in [9.17, 15) is 40.0 Å². The highest BCUT2D eigenvalue weighted by Crippen LogP contribution is 2.68. The minimum atomic E-state index is -5.10. The van der Waals surface area contributed by atoms with Crippen LogP contribution in [0.15, 0.2) is 41.3 Å². The van der Waals surface area contributed by atoms with Crippen LogP contribution in [0, 0.1) is 17.6 Å². The molecule has 2 aromatic carbocycles. The summed E-state index contributed by atoms with van der Waals surface area (Å²) in [6.07, 6.45) is -3.77. The van der Waals surface area contributed by atoms with Crippen LogP contribution in [0.1, 0.15) is 46.7 Å². The molecule has 4 aromatic heterocycles. The zero-order valence-electron chi connectivity index (χ0n) is 28.0. The van der Waals surface area contributed by atoms with Gasteiger partial charge in [-0.15, -0.1) is 0 Å². The van der Waals surface area contributed by atoms with Crippen LogP contribution in [-0.4, -0.2) is 59.9 Å². The van der Waals surface area contributed by atoms with Gasteiger partial charge in [-0.05, 0) is 42.2 Å². The van der Waals surface area contributed by atoms with E-state index < -0.39 is 93.0 Å². The standard InChI is InChI=1S/C32H24ClF7N10O4S/c1-48-24-20(4-3-18(33)23(24)28(46-48)47-55(2,53)54)50-29(43-27-16(30(50)52)10-41-44-27)19(7-12-5-13(34)8-14(35)6-12)42-21(51)11-49-26-22(25(45-49)32(38,39)40)15-9-17(15)31(26,36)37/h3-6,8,10,15,17,19H,7,9,11H2,1-2H3,(H,41,44)(H,42,51)(H,46,47)/t15-,17+,19-/m0/s1. The third kappa shape index (κ3) is 6.15. The van der Waals surface area contributed by atoms with Crippen molar-refractivity contribution in [1.29, 1.82) is 0 Å². The fourth-order valence-corrected chi connectivity index (χ4v) is 8.04. The number of carbonyl (C=O) groups excluding carboxylic acids is 1. The monoisotopic (exact) mass is 812 g/mol. The number of aromatic amines is 1. The van der Waals surface area contributed by atoms with Gasteiger partial charge in [0, 0.05) is 31.0 Å². The Labute approximate surface area is 308 Å². The van der Waals surface area contributed by atoms with E-state index in [0.29, 0.717) is 10.7 Å². The Morgan fingerprint density at radius 1 is 1.15 bits per heavy atom. The molecule has 23 heteroatoms. The number of fused-ring (bicyclic) bond motifs is 5. The minimum Gasteiger partial charge on any atom is -0.344 e. The zero-order valence-corrected chi connectivity index (χ0v) is 29.6. The van der Waals surface area contributed by atoms with Gasteiger partial charge in [-0.25, -0.2) is 22.2 Å². The van der Waals surface area contributed by atoms with E-state index in [2.05, 4.69) is 35.4 Å². The van der Waals surface area contributed by atoms with Crippen LogP contribution in [-0.2, 0) is 46.9 Å². The second-order valence-corrected chi connectivity index (χ2v) is 15.5. The molecular formula is C32H24ClF7N10O4S. The van der Waals surface area contributed by atoms with E-state index in [1.165, 1.54) is 23.9 Å². The molecule has 2 aliphatic rings. The molecule has 55 heavy (non-hydrogen) atoms. The fraction of sp³-hybridized carbons (Fsp3) is 0.312. The summed E-state index contributed by atoms with van der Waals surface area (Å²) in [5.41, 5.74) is -4.22.